The summed E-state index contributed by atoms with van der Waals surface area (Å²) in [7, 11) is 1.65. The van der Waals surface area contributed by atoms with Crippen LogP contribution in [-0.4, -0.2) is 16.7 Å². The van der Waals surface area contributed by atoms with Crippen LogP contribution in [0.4, 0.5) is 0 Å². The van der Waals surface area contributed by atoms with Gasteiger partial charge in [-0.05, 0) is 29.8 Å². The molecule has 5 heteroatoms. The first-order chi connectivity index (χ1) is 10.2. The van der Waals surface area contributed by atoms with Crippen molar-refractivity contribution in [1.82, 2.24) is 9.55 Å². The molecule has 0 aliphatic rings. The third-order valence-corrected chi connectivity index (χ3v) is 3.86. The molecule has 3 nitrogen and oxygen atoms in total. The Balaban J connectivity index is 2.08. The van der Waals surface area contributed by atoms with Crippen LogP contribution in [0.3, 0.4) is 0 Å². The zero-order valence-electron chi connectivity index (χ0n) is 11.5. The minimum absolute atomic E-state index is 0.359. The summed E-state index contributed by atoms with van der Waals surface area (Å²) in [6, 6.07) is 13.6. The number of methoxy groups -OCH3 is 1. The number of fused-ring (bicyclic) bond motifs is 1. The number of hydrogen-bond donors (Lipinski definition) is 0. The largest absolute Gasteiger partial charge is 0.497 e. The molecule has 0 amide bonds. The molecule has 0 saturated heterocycles. The van der Waals surface area contributed by atoms with E-state index in [0.717, 1.165) is 33.2 Å². The van der Waals surface area contributed by atoms with Crippen LogP contribution in [0, 0.1) is 0 Å². The molecule has 2 aromatic carbocycles. The number of ether oxygens (including phenoxy) is 1. The summed E-state index contributed by atoms with van der Waals surface area (Å²) in [4.78, 5) is 4.58. The number of hydrogen-bond acceptors (Lipinski definition) is 2. The highest BCUT2D eigenvalue weighted by Gasteiger charge is 2.11. The molecular formula is C16H14Cl2N2O. The van der Waals surface area contributed by atoms with Crippen LogP contribution in [0.25, 0.3) is 11.0 Å². The predicted molar refractivity (Wildman–Crippen MR) is 86.4 cm³/mol. The maximum atomic E-state index is 6.05. The Kier molecular flexibility index (Phi) is 4.04. The molecule has 3 rings (SSSR count). The van der Waals surface area contributed by atoms with Gasteiger partial charge in [-0.1, -0.05) is 23.7 Å². The van der Waals surface area contributed by atoms with Crippen LogP contribution in [0.2, 0.25) is 5.02 Å². The van der Waals surface area contributed by atoms with Crippen LogP contribution in [0.15, 0.2) is 42.5 Å². The maximum absolute atomic E-state index is 6.05. The second-order valence-electron chi connectivity index (χ2n) is 4.73. The number of nitrogens with zero attached hydrogens (tertiary/aromatic N) is 2. The highest BCUT2D eigenvalue weighted by molar-refractivity contribution is 6.30. The Bertz CT molecular complexity index is 783. The Hall–Kier alpha value is -1.71. The molecule has 0 radical (unpaired) electrons. The van der Waals surface area contributed by atoms with Crippen LogP contribution in [0.5, 0.6) is 5.75 Å². The number of halogens is 2. The second-order valence-corrected chi connectivity index (χ2v) is 5.44. The lowest BCUT2D eigenvalue weighted by Crippen LogP contribution is -2.03. The Morgan fingerprint density at radius 1 is 1.19 bits per heavy atom. The summed E-state index contributed by atoms with van der Waals surface area (Å²) in [5.41, 5.74) is 3.03. The molecule has 0 fully saturated rings. The lowest BCUT2D eigenvalue weighted by Gasteiger charge is -2.08. The molecule has 0 atom stereocenters. The molecule has 21 heavy (non-hydrogen) atoms. The summed E-state index contributed by atoms with van der Waals surface area (Å²) in [5, 5.41) is 0.728. The average Bonchev–Trinajstić information content (AvgIpc) is 2.84. The molecule has 1 heterocycles. The van der Waals surface area contributed by atoms with Gasteiger partial charge in [0.25, 0.3) is 0 Å². The summed E-state index contributed by atoms with van der Waals surface area (Å²) in [6.07, 6.45) is 0. The number of imidazole rings is 1. The van der Waals surface area contributed by atoms with Gasteiger partial charge in [0.1, 0.15) is 11.6 Å². The van der Waals surface area contributed by atoms with Crippen LogP contribution in [-0.2, 0) is 12.4 Å². The average molecular weight is 321 g/mol. The summed E-state index contributed by atoms with van der Waals surface area (Å²) in [5.74, 6) is 1.98. The quantitative estimate of drug-likeness (QED) is 0.662. The Labute approximate surface area is 133 Å². The van der Waals surface area contributed by atoms with Crippen molar-refractivity contribution in [3.63, 3.8) is 0 Å². The summed E-state index contributed by atoms with van der Waals surface area (Å²) in [6.45, 7) is 0.686. The molecule has 0 aliphatic carbocycles. The molecule has 0 unspecified atom stereocenters. The first-order valence-corrected chi connectivity index (χ1v) is 7.46. The first-order valence-electron chi connectivity index (χ1n) is 6.55. The van der Waals surface area contributed by atoms with E-state index in [2.05, 4.69) is 9.55 Å². The highest BCUT2D eigenvalue weighted by atomic mass is 35.5. The van der Waals surface area contributed by atoms with Crippen LogP contribution < -0.4 is 4.74 Å². The fourth-order valence-electron chi connectivity index (χ4n) is 2.38. The normalized spacial score (nSPS) is 11.0. The van der Waals surface area contributed by atoms with Crippen molar-refractivity contribution in [2.24, 2.45) is 0 Å². The van der Waals surface area contributed by atoms with Gasteiger partial charge in [-0.2, -0.15) is 0 Å². The smallest absolute Gasteiger partial charge is 0.125 e. The van der Waals surface area contributed by atoms with Crippen molar-refractivity contribution in [2.75, 3.05) is 7.11 Å². The summed E-state index contributed by atoms with van der Waals surface area (Å²) < 4.78 is 7.34. The van der Waals surface area contributed by atoms with Gasteiger partial charge in [-0.3, -0.25) is 0 Å². The fraction of sp³-hybridized carbons (Fsp3) is 0.188. The van der Waals surface area contributed by atoms with Crippen molar-refractivity contribution < 1.29 is 4.74 Å². The minimum Gasteiger partial charge on any atom is -0.497 e. The number of alkyl halides is 1. The lowest BCUT2D eigenvalue weighted by atomic mass is 10.2. The molecule has 108 valence electrons. The molecule has 1 aromatic heterocycles. The third kappa shape index (κ3) is 2.85. The first kappa shape index (κ1) is 14.2. The van der Waals surface area contributed by atoms with Crippen molar-refractivity contribution >= 4 is 34.2 Å². The van der Waals surface area contributed by atoms with Gasteiger partial charge < -0.3 is 9.30 Å². The van der Waals surface area contributed by atoms with Crippen molar-refractivity contribution in [1.29, 1.82) is 0 Å². The molecule has 0 aliphatic heterocycles. The van der Waals surface area contributed by atoms with E-state index in [-0.39, 0.29) is 0 Å². The van der Waals surface area contributed by atoms with Gasteiger partial charge in [0.15, 0.2) is 0 Å². The number of rotatable bonds is 4. The van der Waals surface area contributed by atoms with Gasteiger partial charge in [-0.15, -0.1) is 11.6 Å². The molecule has 0 N–H and O–H groups in total. The zero-order valence-corrected chi connectivity index (χ0v) is 13.0. The zero-order chi connectivity index (χ0) is 14.8. The Morgan fingerprint density at radius 2 is 2.05 bits per heavy atom. The maximum Gasteiger partial charge on any atom is 0.125 e. The van der Waals surface area contributed by atoms with E-state index in [0.29, 0.717) is 12.4 Å². The topological polar surface area (TPSA) is 27.1 Å². The number of aromatic nitrogens is 2. The fourth-order valence-corrected chi connectivity index (χ4v) is 2.80. The van der Waals surface area contributed by atoms with E-state index in [9.17, 15) is 0 Å². The standard InChI is InChI=1S/C16H14Cl2N2O/c1-21-13-5-6-15-14(8-13)19-16(9-17)20(15)10-11-3-2-4-12(18)7-11/h2-8H,9-10H2,1H3. The van der Waals surface area contributed by atoms with E-state index in [1.807, 2.05) is 42.5 Å². The molecule has 0 spiro atoms. The van der Waals surface area contributed by atoms with Crippen LogP contribution >= 0.6 is 23.2 Å². The van der Waals surface area contributed by atoms with E-state index >= 15 is 0 Å². The predicted octanol–water partition coefficient (Wildman–Crippen LogP) is 4.49. The van der Waals surface area contributed by atoms with Crippen molar-refractivity contribution in [3.05, 3.63) is 58.9 Å². The summed E-state index contributed by atoms with van der Waals surface area (Å²) >= 11 is 12.1. The SMILES string of the molecule is COc1ccc2c(c1)nc(CCl)n2Cc1cccc(Cl)c1. The Morgan fingerprint density at radius 3 is 2.76 bits per heavy atom. The van der Waals surface area contributed by atoms with Crippen molar-refractivity contribution in [2.45, 2.75) is 12.4 Å². The van der Waals surface area contributed by atoms with Gasteiger partial charge >= 0.3 is 0 Å². The lowest BCUT2D eigenvalue weighted by molar-refractivity contribution is 0.415. The minimum atomic E-state index is 0.359. The molecule has 0 bridgehead atoms. The highest BCUT2D eigenvalue weighted by Crippen LogP contribution is 2.24. The van der Waals surface area contributed by atoms with Gasteiger partial charge in [-0.25, -0.2) is 4.98 Å². The second kappa shape index (κ2) is 5.96. The number of benzene rings is 2. The van der Waals surface area contributed by atoms with E-state index in [1.165, 1.54) is 0 Å². The van der Waals surface area contributed by atoms with E-state index in [4.69, 9.17) is 27.9 Å². The van der Waals surface area contributed by atoms with Crippen LogP contribution in [0.1, 0.15) is 11.4 Å². The van der Waals surface area contributed by atoms with Gasteiger partial charge in [0.05, 0.1) is 24.0 Å². The van der Waals surface area contributed by atoms with E-state index < -0.39 is 0 Å². The molecule has 0 saturated carbocycles. The molecular weight excluding hydrogens is 307 g/mol. The van der Waals surface area contributed by atoms with E-state index in [1.54, 1.807) is 7.11 Å². The van der Waals surface area contributed by atoms with Crippen molar-refractivity contribution in [3.8, 4) is 5.75 Å². The van der Waals surface area contributed by atoms with Gasteiger partial charge in [0, 0.05) is 17.6 Å². The van der Waals surface area contributed by atoms with Gasteiger partial charge in [0.2, 0.25) is 0 Å². The molecule has 3 aromatic rings. The monoisotopic (exact) mass is 320 g/mol. The third-order valence-electron chi connectivity index (χ3n) is 3.38.